The van der Waals surface area contributed by atoms with Crippen molar-refractivity contribution >= 4 is 22.8 Å². The van der Waals surface area contributed by atoms with Crippen LogP contribution in [-0.4, -0.2) is 92.0 Å². The number of anilines is 1. The molecule has 5 aliphatic rings. The van der Waals surface area contributed by atoms with E-state index in [2.05, 4.69) is 21.4 Å². The normalized spacial score (nSPS) is 33.5. The molecule has 4 fully saturated rings. The highest BCUT2D eigenvalue weighted by Crippen LogP contribution is 2.45. The third-order valence-electron chi connectivity index (χ3n) is 8.92. The van der Waals surface area contributed by atoms with Crippen LogP contribution in [0.5, 0.6) is 11.9 Å². The number of fused-ring (bicyclic) bond motifs is 6. The molecule has 7 rings (SSSR count). The Morgan fingerprint density at radius 1 is 1.34 bits per heavy atom. The second-order valence-electron chi connectivity index (χ2n) is 10.6. The lowest BCUT2D eigenvalue weighted by molar-refractivity contribution is 0.0706. The number of pyridine rings is 1. The van der Waals surface area contributed by atoms with Gasteiger partial charge in [-0.1, -0.05) is 12.2 Å². The van der Waals surface area contributed by atoms with E-state index < -0.39 is 6.09 Å². The van der Waals surface area contributed by atoms with Crippen molar-refractivity contribution in [3.63, 3.8) is 0 Å². The molecule has 0 aromatic carbocycles. The van der Waals surface area contributed by atoms with Crippen LogP contribution in [0, 0.1) is 0 Å². The molecule has 1 amide bonds. The maximum absolute atomic E-state index is 12.1. The fourth-order valence-electron chi connectivity index (χ4n) is 7.31. The maximum Gasteiger partial charge on any atom is 0.407 e. The van der Waals surface area contributed by atoms with Crippen molar-refractivity contribution in [2.24, 2.45) is 0 Å². The first-order chi connectivity index (χ1) is 17.0. The quantitative estimate of drug-likeness (QED) is 0.667. The molecule has 2 bridgehead atoms. The van der Waals surface area contributed by atoms with Gasteiger partial charge < -0.3 is 19.5 Å². The molecule has 2 aromatic rings. The second kappa shape index (κ2) is 7.43. The average Bonchev–Trinajstić information content (AvgIpc) is 3.46. The molecule has 184 valence electrons. The van der Waals surface area contributed by atoms with E-state index >= 15 is 0 Å². The smallest absolute Gasteiger partial charge is 0.407 e. The highest BCUT2D eigenvalue weighted by Gasteiger charge is 2.53. The maximum atomic E-state index is 12.1. The van der Waals surface area contributed by atoms with Crippen LogP contribution >= 0.6 is 0 Å². The van der Waals surface area contributed by atoms with Gasteiger partial charge in [0.15, 0.2) is 0 Å². The van der Waals surface area contributed by atoms with E-state index in [-0.39, 0.29) is 29.8 Å². The van der Waals surface area contributed by atoms with Crippen LogP contribution in [0.1, 0.15) is 39.0 Å². The first-order valence-electron chi connectivity index (χ1n) is 12.6. The van der Waals surface area contributed by atoms with Crippen molar-refractivity contribution in [3.8, 4) is 11.9 Å². The van der Waals surface area contributed by atoms with Crippen molar-refractivity contribution in [1.82, 2.24) is 24.8 Å². The monoisotopic (exact) mass is 478 g/mol. The van der Waals surface area contributed by atoms with Crippen molar-refractivity contribution < 1.29 is 19.4 Å². The molecule has 4 unspecified atom stereocenters. The number of nitrogens with zero attached hydrogens (tertiary/aromatic N) is 6. The third-order valence-corrected chi connectivity index (χ3v) is 8.92. The lowest BCUT2D eigenvalue weighted by atomic mass is 9.91. The summed E-state index contributed by atoms with van der Waals surface area (Å²) in [6.45, 7) is 9.52. The van der Waals surface area contributed by atoms with E-state index in [1.807, 2.05) is 13.0 Å². The molecule has 1 N–H and O–H groups in total. The number of carbonyl (C=O) groups is 1. The zero-order valence-corrected chi connectivity index (χ0v) is 19.9. The molecule has 0 aliphatic carbocycles. The summed E-state index contributed by atoms with van der Waals surface area (Å²) < 4.78 is 12.7. The molecule has 7 heterocycles. The zero-order valence-electron chi connectivity index (χ0n) is 19.9. The second-order valence-corrected chi connectivity index (χ2v) is 10.6. The number of carboxylic acid groups (broad SMARTS) is 1. The minimum Gasteiger partial charge on any atom is -0.472 e. The average molecular weight is 479 g/mol. The lowest BCUT2D eigenvalue weighted by Gasteiger charge is -2.47. The molecule has 35 heavy (non-hydrogen) atoms. The summed E-state index contributed by atoms with van der Waals surface area (Å²) in [5.41, 5.74) is 1.84. The van der Waals surface area contributed by atoms with Gasteiger partial charge in [0.25, 0.3) is 0 Å². The standard InChI is InChI=1S/C25H30N6O4/c1-14-7-11-29-10-3-8-25(14,29)13-34-23-27-17-6-9-26-22-19(17)21(28-23)30-12-16-4-5-18(31(16)24(32)33)20(30)15(2)35-22/h6,9,15-16,18,20H,1,3-5,7-8,10-13H2,2H3,(H,32,33)/t15?,16?,18?,20?,25-/m0/s1. The number of rotatable bonds is 3. The fraction of sp³-hybridized carbons (Fsp3) is 0.600. The summed E-state index contributed by atoms with van der Waals surface area (Å²) >= 11 is 0. The highest BCUT2D eigenvalue weighted by atomic mass is 16.5. The first-order valence-corrected chi connectivity index (χ1v) is 12.6. The summed E-state index contributed by atoms with van der Waals surface area (Å²) in [6, 6.07) is 1.82. The molecule has 0 spiro atoms. The predicted octanol–water partition coefficient (Wildman–Crippen LogP) is 2.68. The van der Waals surface area contributed by atoms with Gasteiger partial charge in [-0.2, -0.15) is 9.97 Å². The van der Waals surface area contributed by atoms with Crippen LogP contribution < -0.4 is 14.4 Å². The van der Waals surface area contributed by atoms with Crippen LogP contribution in [0.3, 0.4) is 0 Å². The minimum atomic E-state index is -0.863. The van der Waals surface area contributed by atoms with Crippen LogP contribution in [0.2, 0.25) is 0 Å². The van der Waals surface area contributed by atoms with E-state index in [1.165, 1.54) is 5.57 Å². The van der Waals surface area contributed by atoms with Gasteiger partial charge in [0, 0.05) is 19.3 Å². The van der Waals surface area contributed by atoms with E-state index in [4.69, 9.17) is 19.4 Å². The molecule has 0 saturated carbocycles. The summed E-state index contributed by atoms with van der Waals surface area (Å²) in [6.07, 6.45) is 5.44. The first kappa shape index (κ1) is 21.2. The fourth-order valence-corrected chi connectivity index (χ4v) is 7.31. The Morgan fingerprint density at radius 3 is 3.09 bits per heavy atom. The molecule has 10 heteroatoms. The minimum absolute atomic E-state index is 0.0682. The largest absolute Gasteiger partial charge is 0.472 e. The molecule has 0 radical (unpaired) electrons. The zero-order chi connectivity index (χ0) is 23.9. The van der Waals surface area contributed by atoms with Crippen LogP contribution in [0.4, 0.5) is 10.6 Å². The van der Waals surface area contributed by atoms with Crippen molar-refractivity contribution in [3.05, 3.63) is 24.4 Å². The topological polar surface area (TPSA) is 104 Å². The van der Waals surface area contributed by atoms with Crippen molar-refractivity contribution in [2.75, 3.05) is 31.1 Å². The van der Waals surface area contributed by atoms with Gasteiger partial charge in [-0.25, -0.2) is 9.78 Å². The molecule has 4 saturated heterocycles. The van der Waals surface area contributed by atoms with Gasteiger partial charge in [-0.3, -0.25) is 9.80 Å². The Balaban J connectivity index is 1.29. The van der Waals surface area contributed by atoms with E-state index in [9.17, 15) is 9.90 Å². The molecule has 5 atom stereocenters. The van der Waals surface area contributed by atoms with Crippen molar-refractivity contribution in [1.29, 1.82) is 0 Å². The van der Waals surface area contributed by atoms with Crippen LogP contribution in [0.15, 0.2) is 24.4 Å². The Kier molecular flexibility index (Phi) is 4.49. The number of hydrogen-bond acceptors (Lipinski definition) is 8. The van der Waals surface area contributed by atoms with E-state index in [1.54, 1.807) is 11.1 Å². The Labute approximate surface area is 203 Å². The van der Waals surface area contributed by atoms with Gasteiger partial charge in [-0.15, -0.1) is 0 Å². The summed E-state index contributed by atoms with van der Waals surface area (Å²) in [4.78, 5) is 32.6. The number of amides is 1. The van der Waals surface area contributed by atoms with Crippen LogP contribution in [-0.2, 0) is 0 Å². The number of ether oxygens (including phenoxy) is 2. The number of aromatic nitrogens is 3. The van der Waals surface area contributed by atoms with E-state index in [0.29, 0.717) is 25.0 Å². The van der Waals surface area contributed by atoms with Crippen LogP contribution in [0.25, 0.3) is 10.9 Å². The summed E-state index contributed by atoms with van der Waals surface area (Å²) in [5.74, 6) is 1.23. The Bertz CT molecular complexity index is 1240. The van der Waals surface area contributed by atoms with Gasteiger partial charge in [-0.05, 0) is 51.6 Å². The Hall–Kier alpha value is -3.14. The van der Waals surface area contributed by atoms with Crippen molar-refractivity contribution in [2.45, 2.75) is 68.8 Å². The van der Waals surface area contributed by atoms with Gasteiger partial charge >= 0.3 is 12.1 Å². The predicted molar refractivity (Wildman–Crippen MR) is 128 cm³/mol. The highest BCUT2D eigenvalue weighted by molar-refractivity contribution is 5.94. The third kappa shape index (κ3) is 2.92. The van der Waals surface area contributed by atoms with Gasteiger partial charge in [0.1, 0.15) is 23.9 Å². The number of piperazine rings is 1. The van der Waals surface area contributed by atoms with Gasteiger partial charge in [0.2, 0.25) is 5.88 Å². The molecule has 5 aliphatic heterocycles. The summed E-state index contributed by atoms with van der Waals surface area (Å²) in [5, 5.41) is 10.7. The summed E-state index contributed by atoms with van der Waals surface area (Å²) in [7, 11) is 0. The molecule has 10 nitrogen and oxygen atoms in total. The van der Waals surface area contributed by atoms with E-state index in [0.717, 1.165) is 61.9 Å². The molecular weight excluding hydrogens is 448 g/mol. The Morgan fingerprint density at radius 2 is 2.23 bits per heavy atom. The lowest BCUT2D eigenvalue weighted by Crippen LogP contribution is -2.64. The molecular formula is C25H30N6O4. The SMILES string of the molecule is C=C1CCN2CCC[C@]12COc1nc2c3c(nccc3n1)OC(C)C1C3CCC(CN21)N3C(=O)O. The number of hydrogen-bond donors (Lipinski definition) is 1. The molecule has 2 aromatic heterocycles. The van der Waals surface area contributed by atoms with Gasteiger partial charge in [0.05, 0.1) is 29.2 Å².